The maximum Gasteiger partial charge on any atom is 0.227 e. The molecular formula is C26H30BrN5O2. The zero-order valence-corrected chi connectivity index (χ0v) is 21.1. The molecule has 0 radical (unpaired) electrons. The molecule has 3 aromatic rings. The Morgan fingerprint density at radius 2 is 1.76 bits per heavy atom. The van der Waals surface area contributed by atoms with Crippen molar-refractivity contribution in [3.05, 3.63) is 58.8 Å². The van der Waals surface area contributed by atoms with E-state index in [4.69, 9.17) is 4.98 Å². The Morgan fingerprint density at radius 3 is 2.53 bits per heavy atom. The Kier molecular flexibility index (Phi) is 6.70. The van der Waals surface area contributed by atoms with Gasteiger partial charge >= 0.3 is 0 Å². The quantitative estimate of drug-likeness (QED) is 0.523. The number of carbonyl (C=O) groups excluding carboxylic acids is 2. The van der Waals surface area contributed by atoms with Crippen molar-refractivity contribution in [1.82, 2.24) is 24.3 Å². The van der Waals surface area contributed by atoms with E-state index in [-0.39, 0.29) is 17.7 Å². The maximum absolute atomic E-state index is 13.3. The summed E-state index contributed by atoms with van der Waals surface area (Å²) in [7, 11) is 0. The Hall–Kier alpha value is -2.71. The molecule has 2 saturated heterocycles. The summed E-state index contributed by atoms with van der Waals surface area (Å²) in [5, 5.41) is 0. The number of amides is 2. The minimum atomic E-state index is 0.00123. The van der Waals surface area contributed by atoms with Crippen molar-refractivity contribution >= 4 is 38.8 Å². The molecule has 3 heterocycles. The van der Waals surface area contributed by atoms with Gasteiger partial charge in [0.2, 0.25) is 11.8 Å². The van der Waals surface area contributed by atoms with Gasteiger partial charge in [-0.25, -0.2) is 4.98 Å². The number of aromatic nitrogens is 2. The van der Waals surface area contributed by atoms with Gasteiger partial charge in [0.15, 0.2) is 0 Å². The highest BCUT2D eigenvalue weighted by Gasteiger charge is 2.32. The first kappa shape index (κ1) is 23.1. The molecule has 0 spiro atoms. The monoisotopic (exact) mass is 523 g/mol. The lowest BCUT2D eigenvalue weighted by molar-refractivity contribution is -0.142. The van der Waals surface area contributed by atoms with Crippen molar-refractivity contribution in [3.8, 4) is 5.69 Å². The van der Waals surface area contributed by atoms with E-state index in [2.05, 4.69) is 49.7 Å². The molecule has 34 heavy (non-hydrogen) atoms. The fourth-order valence-electron chi connectivity index (χ4n) is 5.19. The largest absolute Gasteiger partial charge is 0.339 e. The Balaban J connectivity index is 1.33. The van der Waals surface area contributed by atoms with Crippen LogP contribution in [0.25, 0.3) is 16.7 Å². The topological polar surface area (TPSA) is 61.7 Å². The lowest BCUT2D eigenvalue weighted by Gasteiger charge is -2.38. The number of hydrogen-bond donors (Lipinski definition) is 0. The molecule has 7 nitrogen and oxygen atoms in total. The summed E-state index contributed by atoms with van der Waals surface area (Å²) < 4.78 is 3.26. The predicted molar refractivity (Wildman–Crippen MR) is 136 cm³/mol. The Labute approximate surface area is 208 Å². The Morgan fingerprint density at radius 1 is 1.00 bits per heavy atom. The van der Waals surface area contributed by atoms with Gasteiger partial charge in [-0.1, -0.05) is 34.1 Å². The van der Waals surface area contributed by atoms with Gasteiger partial charge < -0.3 is 9.80 Å². The number of para-hydroxylation sites is 2. The number of imidazole rings is 1. The number of rotatable bonds is 4. The summed E-state index contributed by atoms with van der Waals surface area (Å²) in [6.45, 7) is 6.53. The van der Waals surface area contributed by atoms with Crippen molar-refractivity contribution in [3.63, 3.8) is 0 Å². The third-order valence-corrected chi connectivity index (χ3v) is 7.45. The first-order valence-electron chi connectivity index (χ1n) is 12.0. The number of piperazine rings is 1. The summed E-state index contributed by atoms with van der Waals surface area (Å²) in [6, 6.07) is 16.5. The molecule has 8 heteroatoms. The van der Waals surface area contributed by atoms with Gasteiger partial charge in [-0.05, 0) is 49.7 Å². The number of nitrogens with zero attached hydrogens (tertiary/aromatic N) is 5. The SMILES string of the molecule is CC(=O)N1CCN(C(=O)[C@@H]2CCCN(Cc3nc4ccccc4n3-c3cccc(Br)c3)C2)CC1. The van der Waals surface area contributed by atoms with Gasteiger partial charge in [-0.3, -0.25) is 19.1 Å². The zero-order valence-electron chi connectivity index (χ0n) is 19.5. The van der Waals surface area contributed by atoms with E-state index in [9.17, 15) is 9.59 Å². The van der Waals surface area contributed by atoms with Crippen LogP contribution in [0.1, 0.15) is 25.6 Å². The van der Waals surface area contributed by atoms with Crippen molar-refractivity contribution in [2.75, 3.05) is 39.3 Å². The average molecular weight is 524 g/mol. The number of hydrogen-bond acceptors (Lipinski definition) is 4. The summed E-state index contributed by atoms with van der Waals surface area (Å²) >= 11 is 3.60. The second-order valence-corrected chi connectivity index (χ2v) is 10.2. The summed E-state index contributed by atoms with van der Waals surface area (Å²) in [4.78, 5) is 36.0. The van der Waals surface area contributed by atoms with Crippen LogP contribution in [0, 0.1) is 5.92 Å². The third kappa shape index (κ3) is 4.74. The standard InChI is InChI=1S/C26H30BrN5O2/c1-19(33)30-12-14-31(15-13-30)26(34)20-6-5-11-29(17-20)18-25-28-23-9-2-3-10-24(23)32(25)22-8-4-7-21(27)16-22/h2-4,7-10,16,20H,5-6,11-15,17-18H2,1H3/t20-/m1/s1. The molecule has 0 bridgehead atoms. The molecule has 2 aromatic carbocycles. The zero-order chi connectivity index (χ0) is 23.7. The van der Waals surface area contributed by atoms with E-state index >= 15 is 0 Å². The van der Waals surface area contributed by atoms with Gasteiger partial charge in [0.05, 0.1) is 23.5 Å². The van der Waals surface area contributed by atoms with Crippen LogP contribution in [0.5, 0.6) is 0 Å². The van der Waals surface area contributed by atoms with Gasteiger partial charge in [0.1, 0.15) is 5.82 Å². The molecule has 2 aliphatic heterocycles. The van der Waals surface area contributed by atoms with Crippen LogP contribution in [0.2, 0.25) is 0 Å². The summed E-state index contributed by atoms with van der Waals surface area (Å²) in [5.74, 6) is 1.31. The number of piperidine rings is 1. The number of carbonyl (C=O) groups is 2. The summed E-state index contributed by atoms with van der Waals surface area (Å²) in [5.41, 5.74) is 3.14. The van der Waals surface area contributed by atoms with Gasteiger partial charge in [-0.2, -0.15) is 0 Å². The molecule has 0 unspecified atom stereocenters. The smallest absolute Gasteiger partial charge is 0.227 e. The van der Waals surface area contributed by atoms with E-state index in [1.54, 1.807) is 6.92 Å². The van der Waals surface area contributed by atoms with Gasteiger partial charge in [-0.15, -0.1) is 0 Å². The van der Waals surface area contributed by atoms with Crippen LogP contribution >= 0.6 is 15.9 Å². The van der Waals surface area contributed by atoms with Crippen molar-refractivity contribution < 1.29 is 9.59 Å². The molecule has 1 atom stereocenters. The van der Waals surface area contributed by atoms with E-state index < -0.39 is 0 Å². The lowest BCUT2D eigenvalue weighted by Crippen LogP contribution is -2.53. The first-order valence-corrected chi connectivity index (χ1v) is 12.8. The third-order valence-electron chi connectivity index (χ3n) is 6.95. The van der Waals surface area contributed by atoms with Crippen LogP contribution in [0.15, 0.2) is 53.0 Å². The number of likely N-dealkylation sites (tertiary alicyclic amines) is 1. The normalized spacial score (nSPS) is 19.5. The highest BCUT2D eigenvalue weighted by atomic mass is 79.9. The number of benzene rings is 2. The van der Waals surface area contributed by atoms with Crippen LogP contribution in [-0.2, 0) is 16.1 Å². The number of halogens is 1. The van der Waals surface area contributed by atoms with Gasteiger partial charge in [0, 0.05) is 49.8 Å². The van der Waals surface area contributed by atoms with Crippen LogP contribution in [0.4, 0.5) is 0 Å². The van der Waals surface area contributed by atoms with E-state index in [0.29, 0.717) is 32.7 Å². The molecule has 0 saturated carbocycles. The van der Waals surface area contributed by atoms with E-state index in [0.717, 1.165) is 52.9 Å². The lowest BCUT2D eigenvalue weighted by atomic mass is 9.96. The predicted octanol–water partition coefficient (Wildman–Crippen LogP) is 3.69. The van der Waals surface area contributed by atoms with Gasteiger partial charge in [0.25, 0.3) is 0 Å². The fourth-order valence-corrected chi connectivity index (χ4v) is 5.57. The molecule has 2 fully saturated rings. The second kappa shape index (κ2) is 9.88. The average Bonchev–Trinajstić information content (AvgIpc) is 3.21. The molecular weight excluding hydrogens is 494 g/mol. The van der Waals surface area contributed by atoms with Crippen molar-refractivity contribution in [2.45, 2.75) is 26.3 Å². The highest BCUT2D eigenvalue weighted by molar-refractivity contribution is 9.10. The van der Waals surface area contributed by atoms with Crippen molar-refractivity contribution in [2.24, 2.45) is 5.92 Å². The first-order chi connectivity index (χ1) is 16.5. The van der Waals surface area contributed by atoms with Crippen LogP contribution in [0.3, 0.4) is 0 Å². The van der Waals surface area contributed by atoms with Crippen molar-refractivity contribution in [1.29, 1.82) is 0 Å². The molecule has 2 amide bonds. The van der Waals surface area contributed by atoms with Crippen LogP contribution in [-0.4, -0.2) is 75.3 Å². The van der Waals surface area contributed by atoms with E-state index in [1.807, 2.05) is 34.1 Å². The highest BCUT2D eigenvalue weighted by Crippen LogP contribution is 2.27. The molecule has 5 rings (SSSR count). The second-order valence-electron chi connectivity index (χ2n) is 9.24. The minimum absolute atomic E-state index is 0.00123. The minimum Gasteiger partial charge on any atom is -0.339 e. The molecule has 0 aliphatic carbocycles. The molecule has 2 aliphatic rings. The Bertz CT molecular complexity index is 1200. The molecule has 0 N–H and O–H groups in total. The van der Waals surface area contributed by atoms with E-state index in [1.165, 1.54) is 0 Å². The fraction of sp³-hybridized carbons (Fsp3) is 0.423. The number of fused-ring (bicyclic) bond motifs is 1. The molecule has 178 valence electrons. The molecule has 1 aromatic heterocycles. The summed E-state index contributed by atoms with van der Waals surface area (Å²) in [6.07, 6.45) is 1.92. The maximum atomic E-state index is 13.3. The van der Waals surface area contributed by atoms with Crippen LogP contribution < -0.4 is 0 Å².